The fourth-order valence-electron chi connectivity index (χ4n) is 1.20. The van der Waals surface area contributed by atoms with E-state index in [0.29, 0.717) is 4.95 Å². The summed E-state index contributed by atoms with van der Waals surface area (Å²) < 4.78 is 0. The molecule has 0 saturated heterocycles. The van der Waals surface area contributed by atoms with Crippen molar-refractivity contribution in [2.45, 2.75) is 17.8 Å². The molecule has 4 heteroatoms. The quantitative estimate of drug-likeness (QED) is 0.561. The smallest absolute Gasteiger partial charge is 0.0997 e. The molecule has 0 aromatic carbocycles. The van der Waals surface area contributed by atoms with E-state index in [1.165, 1.54) is 0 Å². The molecule has 0 amide bonds. The maximum Gasteiger partial charge on any atom is 0.0997 e. The van der Waals surface area contributed by atoms with E-state index < -0.39 is 0 Å². The first-order valence-electron chi connectivity index (χ1n) is 4.12. The second-order valence-electron chi connectivity index (χ2n) is 2.87. The average molecular weight is 254 g/mol. The number of hydrazine groups is 1. The zero-order chi connectivity index (χ0) is 8.97. The molecule has 0 radical (unpaired) electrons. The molecule has 0 aliphatic carbocycles. The van der Waals surface area contributed by atoms with Gasteiger partial charge in [-0.15, -0.1) is 11.6 Å². The lowest BCUT2D eigenvalue weighted by Crippen LogP contribution is -2.36. The molecule has 0 aromatic rings. The van der Waals surface area contributed by atoms with Crippen LogP contribution in [0.2, 0.25) is 0 Å². The Kier molecular flexibility index (Phi) is 4.40. The summed E-state index contributed by atoms with van der Waals surface area (Å²) in [5.74, 6) is 0.739. The average Bonchev–Trinajstić information content (AvgIpc) is 2.47. The van der Waals surface area contributed by atoms with Crippen molar-refractivity contribution in [2.75, 3.05) is 19.5 Å². The molecule has 1 atom stereocenters. The van der Waals surface area contributed by atoms with E-state index in [1.54, 1.807) is 0 Å². The summed E-state index contributed by atoms with van der Waals surface area (Å²) in [6, 6.07) is 0. The van der Waals surface area contributed by atoms with Gasteiger partial charge in [0.05, 0.1) is 4.95 Å². The third kappa shape index (κ3) is 2.64. The van der Waals surface area contributed by atoms with Crippen molar-refractivity contribution in [3.63, 3.8) is 0 Å². The van der Waals surface area contributed by atoms with Gasteiger partial charge in [-0.1, -0.05) is 22.0 Å². The molecule has 1 heterocycles. The Morgan fingerprint density at radius 2 is 2.42 bits per heavy atom. The molecule has 2 nitrogen and oxygen atoms in total. The Morgan fingerprint density at radius 3 is 2.92 bits per heavy atom. The van der Waals surface area contributed by atoms with Crippen LogP contribution in [0, 0.1) is 0 Å². The molecule has 0 aromatic heterocycles. The van der Waals surface area contributed by atoms with E-state index in [2.05, 4.69) is 45.3 Å². The van der Waals surface area contributed by atoms with Crippen molar-refractivity contribution < 1.29 is 0 Å². The van der Waals surface area contributed by atoms with Gasteiger partial charge in [0.1, 0.15) is 0 Å². The zero-order valence-corrected chi connectivity index (χ0v) is 9.55. The highest BCUT2D eigenvalue weighted by molar-refractivity contribution is 9.09. The normalized spacial score (nSPS) is 20.4. The first kappa shape index (κ1) is 10.4. The molecule has 0 saturated carbocycles. The van der Waals surface area contributed by atoms with E-state index in [9.17, 15) is 0 Å². The lowest BCUT2D eigenvalue weighted by atomic mass is 10.3. The van der Waals surface area contributed by atoms with Gasteiger partial charge >= 0.3 is 0 Å². The maximum atomic E-state index is 5.62. The van der Waals surface area contributed by atoms with Crippen LogP contribution in [0.5, 0.6) is 0 Å². The lowest BCUT2D eigenvalue weighted by molar-refractivity contribution is 0.0713. The fourth-order valence-corrected chi connectivity index (χ4v) is 2.13. The Balaban J connectivity index is 2.30. The largest absolute Gasteiger partial charge is 0.300 e. The van der Waals surface area contributed by atoms with Crippen molar-refractivity contribution >= 4 is 27.5 Å². The SMILES string of the molecule is CN1CC=CN1C(Br)CCCCl. The summed E-state index contributed by atoms with van der Waals surface area (Å²) in [7, 11) is 2.08. The van der Waals surface area contributed by atoms with E-state index in [1.807, 2.05) is 0 Å². The van der Waals surface area contributed by atoms with Crippen LogP contribution in [0.25, 0.3) is 0 Å². The molecule has 0 N–H and O–H groups in total. The minimum absolute atomic E-state index is 0.389. The van der Waals surface area contributed by atoms with Crippen molar-refractivity contribution in [3.05, 3.63) is 12.3 Å². The summed E-state index contributed by atoms with van der Waals surface area (Å²) in [5, 5.41) is 4.36. The molecule has 1 aliphatic rings. The van der Waals surface area contributed by atoms with Gasteiger partial charge in [-0.2, -0.15) is 0 Å². The number of nitrogens with zero attached hydrogens (tertiary/aromatic N) is 2. The summed E-state index contributed by atoms with van der Waals surface area (Å²) >= 11 is 9.24. The van der Waals surface area contributed by atoms with Gasteiger partial charge in [0, 0.05) is 25.7 Å². The Morgan fingerprint density at radius 1 is 1.67 bits per heavy atom. The van der Waals surface area contributed by atoms with Crippen molar-refractivity contribution in [3.8, 4) is 0 Å². The van der Waals surface area contributed by atoms with Crippen LogP contribution in [0.1, 0.15) is 12.8 Å². The first-order chi connectivity index (χ1) is 5.75. The first-order valence-corrected chi connectivity index (χ1v) is 5.57. The summed E-state index contributed by atoms with van der Waals surface area (Å²) in [5.41, 5.74) is 0. The van der Waals surface area contributed by atoms with Crippen LogP contribution in [0.15, 0.2) is 12.3 Å². The van der Waals surface area contributed by atoms with Crippen molar-refractivity contribution in [1.29, 1.82) is 0 Å². The maximum absolute atomic E-state index is 5.62. The number of hydrogen-bond donors (Lipinski definition) is 0. The number of alkyl halides is 2. The Labute approximate surface area is 87.3 Å². The minimum Gasteiger partial charge on any atom is -0.300 e. The van der Waals surface area contributed by atoms with Crippen LogP contribution >= 0.6 is 27.5 Å². The monoisotopic (exact) mass is 252 g/mol. The minimum atomic E-state index is 0.389. The fraction of sp³-hybridized carbons (Fsp3) is 0.750. The Hall–Kier alpha value is 0.270. The van der Waals surface area contributed by atoms with E-state index in [0.717, 1.165) is 25.3 Å². The van der Waals surface area contributed by atoms with Gasteiger partial charge in [0.15, 0.2) is 0 Å². The van der Waals surface area contributed by atoms with E-state index in [-0.39, 0.29) is 0 Å². The molecule has 0 fully saturated rings. The summed E-state index contributed by atoms with van der Waals surface area (Å²) in [4.78, 5) is 0.389. The number of rotatable bonds is 4. The zero-order valence-electron chi connectivity index (χ0n) is 7.21. The second-order valence-corrected chi connectivity index (χ2v) is 4.31. The summed E-state index contributed by atoms with van der Waals surface area (Å²) in [6.45, 7) is 1.00. The molecule has 12 heavy (non-hydrogen) atoms. The molecule has 1 aliphatic heterocycles. The van der Waals surface area contributed by atoms with E-state index in [4.69, 9.17) is 11.6 Å². The lowest BCUT2D eigenvalue weighted by Gasteiger charge is -2.29. The Bertz CT molecular complexity index is 163. The van der Waals surface area contributed by atoms with Gasteiger partial charge in [0.25, 0.3) is 0 Å². The van der Waals surface area contributed by atoms with Crippen molar-refractivity contribution in [1.82, 2.24) is 10.0 Å². The van der Waals surface area contributed by atoms with Gasteiger partial charge in [-0.3, -0.25) is 5.01 Å². The molecule has 1 unspecified atom stereocenters. The number of hydrogen-bond acceptors (Lipinski definition) is 2. The highest BCUT2D eigenvalue weighted by Crippen LogP contribution is 2.19. The van der Waals surface area contributed by atoms with Crippen LogP contribution in [0.4, 0.5) is 0 Å². The van der Waals surface area contributed by atoms with Gasteiger partial charge in [0.2, 0.25) is 0 Å². The molecular weight excluding hydrogens is 239 g/mol. The second kappa shape index (κ2) is 5.10. The highest BCUT2D eigenvalue weighted by Gasteiger charge is 2.18. The van der Waals surface area contributed by atoms with Crippen LogP contribution in [-0.4, -0.2) is 34.4 Å². The molecule has 0 bridgehead atoms. The molecule has 70 valence electrons. The molecule has 0 spiro atoms. The number of halogens is 2. The predicted molar refractivity (Wildman–Crippen MR) is 56.3 cm³/mol. The van der Waals surface area contributed by atoms with Crippen molar-refractivity contribution in [2.24, 2.45) is 0 Å². The van der Waals surface area contributed by atoms with Crippen LogP contribution in [0.3, 0.4) is 0 Å². The third-order valence-corrected chi connectivity index (χ3v) is 3.03. The van der Waals surface area contributed by atoms with Crippen LogP contribution < -0.4 is 0 Å². The molecule has 1 rings (SSSR count). The number of likely N-dealkylation sites (N-methyl/N-ethyl adjacent to an activating group) is 1. The summed E-state index contributed by atoms with van der Waals surface area (Å²) in [6.07, 6.45) is 6.39. The van der Waals surface area contributed by atoms with Gasteiger partial charge in [-0.25, -0.2) is 5.01 Å². The van der Waals surface area contributed by atoms with Crippen LogP contribution in [-0.2, 0) is 0 Å². The topological polar surface area (TPSA) is 6.48 Å². The predicted octanol–water partition coefficient (Wildman–Crippen LogP) is 2.40. The van der Waals surface area contributed by atoms with Gasteiger partial charge in [-0.05, 0) is 12.8 Å². The van der Waals surface area contributed by atoms with Gasteiger partial charge < -0.3 is 0 Å². The standard InChI is InChI=1S/C8H14BrClN2/c1-11-6-3-7-12(11)8(9)4-2-5-10/h3,7-8H,2,4-6H2,1H3. The highest BCUT2D eigenvalue weighted by atomic mass is 79.9. The third-order valence-electron chi connectivity index (χ3n) is 1.89. The molecular formula is C8H14BrClN2. The van der Waals surface area contributed by atoms with E-state index >= 15 is 0 Å².